The molecule has 27 heavy (non-hydrogen) atoms. The Kier molecular flexibility index (Phi) is 4.94. The molecule has 1 heterocycles. The summed E-state index contributed by atoms with van der Waals surface area (Å²) >= 11 is 0. The van der Waals surface area contributed by atoms with Gasteiger partial charge in [-0.2, -0.15) is 0 Å². The van der Waals surface area contributed by atoms with E-state index in [9.17, 15) is 14.4 Å². The summed E-state index contributed by atoms with van der Waals surface area (Å²) in [6.45, 7) is 1.42. The predicted octanol–water partition coefficient (Wildman–Crippen LogP) is 2.76. The largest absolute Gasteiger partial charge is 0.497 e. The van der Waals surface area contributed by atoms with Crippen LogP contribution in [0.1, 0.15) is 17.3 Å². The number of ether oxygens (including phenoxy) is 1. The van der Waals surface area contributed by atoms with Gasteiger partial charge in [0.05, 0.1) is 18.0 Å². The number of rotatable bonds is 4. The van der Waals surface area contributed by atoms with Crippen molar-refractivity contribution in [1.82, 2.24) is 4.57 Å². The Bertz CT molecular complexity index is 1080. The summed E-state index contributed by atoms with van der Waals surface area (Å²) in [5, 5.41) is 5.76. The van der Waals surface area contributed by atoms with Crippen LogP contribution in [-0.4, -0.2) is 23.5 Å². The Labute approximate surface area is 155 Å². The lowest BCUT2D eigenvalue weighted by Gasteiger charge is -2.11. The van der Waals surface area contributed by atoms with Crippen molar-refractivity contribution in [3.05, 3.63) is 64.4 Å². The molecular formula is C20H19N3O4. The molecule has 3 rings (SSSR count). The van der Waals surface area contributed by atoms with E-state index in [-0.39, 0.29) is 16.9 Å². The highest BCUT2D eigenvalue weighted by atomic mass is 16.5. The zero-order valence-electron chi connectivity index (χ0n) is 15.2. The van der Waals surface area contributed by atoms with Crippen molar-refractivity contribution in [3.63, 3.8) is 0 Å². The van der Waals surface area contributed by atoms with Crippen molar-refractivity contribution in [2.24, 2.45) is 7.05 Å². The summed E-state index contributed by atoms with van der Waals surface area (Å²) in [7, 11) is 3.29. The third-order valence-corrected chi connectivity index (χ3v) is 4.10. The summed E-state index contributed by atoms with van der Waals surface area (Å²) < 4.78 is 6.90. The molecule has 0 saturated carbocycles. The van der Waals surface area contributed by atoms with Gasteiger partial charge in [0, 0.05) is 31.5 Å². The minimum atomic E-state index is -0.507. The number of methoxy groups -OCH3 is 1. The Morgan fingerprint density at radius 1 is 1.00 bits per heavy atom. The molecule has 7 heteroatoms. The molecule has 138 valence electrons. The third-order valence-electron chi connectivity index (χ3n) is 4.10. The quantitative estimate of drug-likeness (QED) is 0.744. The number of anilines is 2. The summed E-state index contributed by atoms with van der Waals surface area (Å²) in [5.41, 5.74) is 1.51. The van der Waals surface area contributed by atoms with Crippen LogP contribution in [0.25, 0.3) is 10.9 Å². The summed E-state index contributed by atoms with van der Waals surface area (Å²) in [4.78, 5) is 36.5. The maximum absolute atomic E-state index is 12.8. The van der Waals surface area contributed by atoms with E-state index < -0.39 is 5.91 Å². The molecule has 0 aliphatic rings. The van der Waals surface area contributed by atoms with Crippen molar-refractivity contribution in [3.8, 4) is 5.75 Å². The van der Waals surface area contributed by atoms with Crippen molar-refractivity contribution in [2.45, 2.75) is 6.92 Å². The highest BCUT2D eigenvalue weighted by molar-refractivity contribution is 6.06. The van der Waals surface area contributed by atoms with E-state index >= 15 is 0 Å². The lowest BCUT2D eigenvalue weighted by Crippen LogP contribution is -2.23. The van der Waals surface area contributed by atoms with Gasteiger partial charge in [-0.1, -0.05) is 0 Å². The van der Waals surface area contributed by atoms with E-state index in [1.54, 1.807) is 54.1 Å². The molecule has 0 spiro atoms. The number of aryl methyl sites for hydroxylation is 1. The monoisotopic (exact) mass is 365 g/mol. The Balaban J connectivity index is 1.92. The first kappa shape index (κ1) is 18.2. The van der Waals surface area contributed by atoms with Gasteiger partial charge in [0.25, 0.3) is 5.91 Å². The molecule has 2 N–H and O–H groups in total. The van der Waals surface area contributed by atoms with Crippen LogP contribution in [0, 0.1) is 0 Å². The maximum Gasteiger partial charge on any atom is 0.261 e. The van der Waals surface area contributed by atoms with Crippen LogP contribution in [0.5, 0.6) is 5.75 Å². The van der Waals surface area contributed by atoms with Crippen LogP contribution in [0.2, 0.25) is 0 Å². The fraction of sp³-hybridized carbons (Fsp3) is 0.150. The zero-order chi connectivity index (χ0) is 19.6. The van der Waals surface area contributed by atoms with E-state index in [0.29, 0.717) is 28.0 Å². The average Bonchev–Trinajstić information content (AvgIpc) is 2.65. The first-order chi connectivity index (χ1) is 12.9. The van der Waals surface area contributed by atoms with Gasteiger partial charge < -0.3 is 19.9 Å². The smallest absolute Gasteiger partial charge is 0.261 e. The summed E-state index contributed by atoms with van der Waals surface area (Å²) in [5.74, 6) is -0.139. The van der Waals surface area contributed by atoms with Crippen LogP contribution in [-0.2, 0) is 11.8 Å². The van der Waals surface area contributed by atoms with Gasteiger partial charge in [-0.05, 0) is 42.5 Å². The van der Waals surface area contributed by atoms with Crippen molar-refractivity contribution in [1.29, 1.82) is 0 Å². The van der Waals surface area contributed by atoms with E-state index in [1.807, 2.05) is 0 Å². The van der Waals surface area contributed by atoms with Crippen LogP contribution < -0.4 is 20.8 Å². The van der Waals surface area contributed by atoms with E-state index in [0.717, 1.165) is 0 Å². The molecule has 0 bridgehead atoms. The number of amides is 2. The van der Waals surface area contributed by atoms with Crippen molar-refractivity contribution >= 4 is 34.1 Å². The Morgan fingerprint density at radius 3 is 2.22 bits per heavy atom. The molecule has 0 fully saturated rings. The second-order valence-electron chi connectivity index (χ2n) is 6.08. The van der Waals surface area contributed by atoms with Crippen LogP contribution >= 0.6 is 0 Å². The van der Waals surface area contributed by atoms with E-state index in [2.05, 4.69) is 10.6 Å². The highest BCUT2D eigenvalue weighted by Gasteiger charge is 2.15. The number of hydrogen-bond acceptors (Lipinski definition) is 4. The number of carbonyl (C=O) groups excluding carboxylic acids is 2. The molecule has 7 nitrogen and oxygen atoms in total. The number of pyridine rings is 1. The molecule has 0 aliphatic heterocycles. The number of nitrogens with one attached hydrogen (secondary N) is 2. The Hall–Kier alpha value is -3.61. The molecule has 2 amide bonds. The van der Waals surface area contributed by atoms with E-state index in [1.165, 1.54) is 20.2 Å². The number of benzene rings is 2. The number of aromatic nitrogens is 1. The molecular weight excluding hydrogens is 346 g/mol. The van der Waals surface area contributed by atoms with Gasteiger partial charge in [0.1, 0.15) is 11.3 Å². The van der Waals surface area contributed by atoms with Crippen LogP contribution in [0.3, 0.4) is 0 Å². The first-order valence-corrected chi connectivity index (χ1v) is 8.25. The van der Waals surface area contributed by atoms with Gasteiger partial charge in [0.2, 0.25) is 11.3 Å². The second-order valence-corrected chi connectivity index (χ2v) is 6.08. The normalized spacial score (nSPS) is 10.5. The number of nitrogens with zero attached hydrogens (tertiary/aromatic N) is 1. The maximum atomic E-state index is 12.8. The number of hydrogen-bond donors (Lipinski definition) is 2. The molecule has 2 aromatic carbocycles. The van der Waals surface area contributed by atoms with E-state index in [4.69, 9.17) is 4.74 Å². The fourth-order valence-corrected chi connectivity index (χ4v) is 2.80. The van der Waals surface area contributed by atoms with Crippen molar-refractivity contribution in [2.75, 3.05) is 17.7 Å². The molecule has 0 atom stereocenters. The topological polar surface area (TPSA) is 89.4 Å². The van der Waals surface area contributed by atoms with Gasteiger partial charge in [-0.3, -0.25) is 14.4 Å². The first-order valence-electron chi connectivity index (χ1n) is 8.25. The number of carbonyl (C=O) groups is 2. The fourth-order valence-electron chi connectivity index (χ4n) is 2.80. The molecule has 0 aliphatic carbocycles. The van der Waals surface area contributed by atoms with Gasteiger partial charge in [-0.15, -0.1) is 0 Å². The summed E-state index contributed by atoms with van der Waals surface area (Å²) in [6.07, 6.45) is 1.51. The highest BCUT2D eigenvalue weighted by Crippen LogP contribution is 2.19. The number of fused-ring (bicyclic) bond motifs is 1. The summed E-state index contributed by atoms with van der Waals surface area (Å²) in [6, 6.07) is 11.8. The second kappa shape index (κ2) is 7.33. The lowest BCUT2D eigenvalue weighted by molar-refractivity contribution is -0.114. The standard InChI is InChI=1S/C20H19N3O4/c1-12(24)21-13-4-6-14(7-5-13)22-20(26)17-11-23(2)18-9-8-15(27-3)10-16(18)19(17)25/h4-11H,1-3H3,(H,21,24)(H,22,26). The molecule has 0 unspecified atom stereocenters. The van der Waals surface area contributed by atoms with Crippen LogP contribution in [0.4, 0.5) is 11.4 Å². The SMILES string of the molecule is COc1ccc2c(c1)c(=O)c(C(=O)Nc1ccc(NC(C)=O)cc1)cn2C. The predicted molar refractivity (Wildman–Crippen MR) is 104 cm³/mol. The minimum Gasteiger partial charge on any atom is -0.497 e. The zero-order valence-corrected chi connectivity index (χ0v) is 15.2. The molecule has 0 radical (unpaired) electrons. The lowest BCUT2D eigenvalue weighted by atomic mass is 10.1. The minimum absolute atomic E-state index is 0.0317. The van der Waals surface area contributed by atoms with Gasteiger partial charge in [0.15, 0.2) is 0 Å². The van der Waals surface area contributed by atoms with Gasteiger partial charge >= 0.3 is 0 Å². The average molecular weight is 365 g/mol. The Morgan fingerprint density at radius 2 is 1.63 bits per heavy atom. The molecule has 0 saturated heterocycles. The van der Waals surface area contributed by atoms with Crippen LogP contribution in [0.15, 0.2) is 53.5 Å². The third kappa shape index (κ3) is 3.82. The van der Waals surface area contributed by atoms with Gasteiger partial charge in [-0.25, -0.2) is 0 Å². The molecule has 1 aromatic heterocycles. The molecule has 3 aromatic rings. The van der Waals surface area contributed by atoms with Crippen molar-refractivity contribution < 1.29 is 14.3 Å².